The lowest BCUT2D eigenvalue weighted by Crippen LogP contribution is -2.51. The summed E-state index contributed by atoms with van der Waals surface area (Å²) in [4.78, 5) is 10.2. The average molecular weight is 561 g/mol. The molecule has 0 spiro atoms. The van der Waals surface area contributed by atoms with Gasteiger partial charge in [-0.3, -0.25) is 14.9 Å². The summed E-state index contributed by atoms with van der Waals surface area (Å²) in [6, 6.07) is 4.32. The number of hydrogen-bond acceptors (Lipinski definition) is 7. The molecule has 2 aromatic heterocycles. The molecule has 0 saturated carbocycles. The first-order chi connectivity index (χ1) is 17.0. The summed E-state index contributed by atoms with van der Waals surface area (Å²) in [7, 11) is 1.43. The maximum absolute atomic E-state index is 15.0. The van der Waals surface area contributed by atoms with Gasteiger partial charge in [-0.05, 0) is 25.5 Å². The molecule has 7 nitrogen and oxygen atoms in total. The minimum atomic E-state index is -1.09. The fraction of sp³-hybridized carbons (Fsp3) is 0.440. The van der Waals surface area contributed by atoms with Crippen LogP contribution in [-0.4, -0.2) is 67.0 Å². The van der Waals surface area contributed by atoms with E-state index < -0.39 is 17.8 Å². The van der Waals surface area contributed by atoms with Crippen LogP contribution in [0.4, 0.5) is 13.2 Å². The average Bonchev–Trinajstić information content (AvgIpc) is 2.87. The number of ether oxygens (including phenoxy) is 3. The van der Waals surface area contributed by atoms with Gasteiger partial charge in [0, 0.05) is 48.8 Å². The van der Waals surface area contributed by atoms with Crippen LogP contribution >= 0.6 is 24.8 Å². The van der Waals surface area contributed by atoms with Gasteiger partial charge in [0.25, 0.3) is 0 Å². The van der Waals surface area contributed by atoms with Crippen LogP contribution in [0.25, 0.3) is 10.9 Å². The summed E-state index contributed by atoms with van der Waals surface area (Å²) in [5.74, 6) is 0.500. The minimum Gasteiger partial charge on any atom is -0.497 e. The van der Waals surface area contributed by atoms with E-state index >= 15 is 0 Å². The second-order valence-electron chi connectivity index (χ2n) is 8.75. The van der Waals surface area contributed by atoms with Gasteiger partial charge in [0.15, 0.2) is 17.3 Å². The molecule has 5 rings (SSSR count). The Morgan fingerprint density at radius 1 is 1.05 bits per heavy atom. The normalized spacial score (nSPS) is 19.1. The number of pyridine rings is 2. The molecule has 4 heterocycles. The molecule has 3 aromatic rings. The molecular formula is C25H29Cl2F3N4O3. The molecule has 2 aliphatic rings. The Labute approximate surface area is 225 Å². The number of nitrogens with zero attached hydrogens (tertiary/aromatic N) is 3. The lowest BCUT2D eigenvalue weighted by Gasteiger charge is -2.35. The zero-order chi connectivity index (χ0) is 24.4. The molecule has 202 valence electrons. The molecule has 0 aliphatic carbocycles. The predicted molar refractivity (Wildman–Crippen MR) is 138 cm³/mol. The minimum absolute atomic E-state index is 0. The van der Waals surface area contributed by atoms with Gasteiger partial charge in [-0.15, -0.1) is 24.8 Å². The van der Waals surface area contributed by atoms with E-state index in [9.17, 15) is 13.2 Å². The first-order valence-corrected chi connectivity index (χ1v) is 11.7. The van der Waals surface area contributed by atoms with Gasteiger partial charge in [0.2, 0.25) is 0 Å². The summed E-state index contributed by atoms with van der Waals surface area (Å²) >= 11 is 0. The van der Waals surface area contributed by atoms with Crippen LogP contribution in [0.1, 0.15) is 17.7 Å². The summed E-state index contributed by atoms with van der Waals surface area (Å²) in [6.07, 6.45) is 2.49. The van der Waals surface area contributed by atoms with Gasteiger partial charge in [0.05, 0.1) is 25.2 Å². The maximum atomic E-state index is 15.0. The molecular weight excluding hydrogens is 532 g/mol. The van der Waals surface area contributed by atoms with Crippen molar-refractivity contribution in [3.05, 3.63) is 53.5 Å². The van der Waals surface area contributed by atoms with E-state index in [0.717, 1.165) is 11.9 Å². The van der Waals surface area contributed by atoms with E-state index in [0.29, 0.717) is 73.9 Å². The van der Waals surface area contributed by atoms with Crippen LogP contribution < -0.4 is 19.5 Å². The predicted octanol–water partition coefficient (Wildman–Crippen LogP) is 4.28. The Hall–Kier alpha value is -2.53. The van der Waals surface area contributed by atoms with E-state index in [2.05, 4.69) is 15.3 Å². The number of hydrogen-bond donors (Lipinski definition) is 1. The summed E-state index contributed by atoms with van der Waals surface area (Å²) < 4.78 is 60.1. The van der Waals surface area contributed by atoms with Crippen molar-refractivity contribution in [2.75, 3.05) is 40.0 Å². The lowest BCUT2D eigenvalue weighted by atomic mass is 10.0. The van der Waals surface area contributed by atoms with Crippen LogP contribution in [0.5, 0.6) is 17.2 Å². The Kier molecular flexibility index (Phi) is 10.1. The van der Waals surface area contributed by atoms with Gasteiger partial charge < -0.3 is 19.5 Å². The third kappa shape index (κ3) is 6.49. The van der Waals surface area contributed by atoms with Crippen molar-refractivity contribution in [3.8, 4) is 17.2 Å². The van der Waals surface area contributed by atoms with Gasteiger partial charge in [0.1, 0.15) is 36.5 Å². The standard InChI is InChI=1S/C25H27F3N4O3.2ClH/c1-33-16-9-18-17(20(27)12-31-25(18)19(26)10-16)2-4-32-5-3-22(21(28)14-32)30-11-15-8-23-24(13-29-15)35-7-6-34-23;;/h8-10,12-13,21-22,30H,2-7,11,14H2,1H3;2*1H/t21-,22+;;/m1../s1. The lowest BCUT2D eigenvalue weighted by molar-refractivity contribution is 0.103. The number of rotatable bonds is 7. The van der Waals surface area contributed by atoms with Gasteiger partial charge >= 0.3 is 0 Å². The largest absolute Gasteiger partial charge is 0.497 e. The van der Waals surface area contributed by atoms with Crippen molar-refractivity contribution >= 4 is 35.7 Å². The van der Waals surface area contributed by atoms with E-state index in [1.54, 1.807) is 12.3 Å². The zero-order valence-corrected chi connectivity index (χ0v) is 21.8. The Morgan fingerprint density at radius 3 is 2.59 bits per heavy atom. The van der Waals surface area contributed by atoms with Crippen LogP contribution in [-0.2, 0) is 13.0 Å². The summed E-state index contributed by atoms with van der Waals surface area (Å²) in [5.41, 5.74) is 1.21. The first-order valence-electron chi connectivity index (χ1n) is 11.7. The zero-order valence-electron chi connectivity index (χ0n) is 20.2. The van der Waals surface area contributed by atoms with Crippen molar-refractivity contribution in [1.29, 1.82) is 0 Å². The number of benzene rings is 1. The third-order valence-corrected chi connectivity index (χ3v) is 6.53. The topological polar surface area (TPSA) is 68.7 Å². The molecule has 2 atom stereocenters. The van der Waals surface area contributed by atoms with E-state index in [1.807, 2.05) is 11.0 Å². The van der Waals surface area contributed by atoms with Crippen molar-refractivity contribution in [3.63, 3.8) is 0 Å². The number of nitrogens with one attached hydrogen (secondary N) is 1. The van der Waals surface area contributed by atoms with Gasteiger partial charge in [-0.1, -0.05) is 0 Å². The van der Waals surface area contributed by atoms with Gasteiger partial charge in [-0.25, -0.2) is 13.2 Å². The molecule has 0 bridgehead atoms. The molecule has 1 N–H and O–H groups in total. The fourth-order valence-corrected chi connectivity index (χ4v) is 4.63. The Bertz CT molecular complexity index is 1220. The molecule has 0 amide bonds. The third-order valence-electron chi connectivity index (χ3n) is 6.53. The highest BCUT2D eigenvalue weighted by Crippen LogP contribution is 2.30. The van der Waals surface area contributed by atoms with Crippen molar-refractivity contribution in [2.45, 2.75) is 31.6 Å². The number of methoxy groups -OCH3 is 1. The van der Waals surface area contributed by atoms with E-state index in [-0.39, 0.29) is 42.9 Å². The summed E-state index contributed by atoms with van der Waals surface area (Å²) in [6.45, 7) is 2.76. The second-order valence-corrected chi connectivity index (χ2v) is 8.75. The van der Waals surface area contributed by atoms with Gasteiger partial charge in [-0.2, -0.15) is 0 Å². The maximum Gasteiger partial charge on any atom is 0.179 e. The smallest absolute Gasteiger partial charge is 0.179 e. The number of piperidine rings is 1. The number of halogens is 5. The number of fused-ring (bicyclic) bond motifs is 2. The molecule has 0 unspecified atom stereocenters. The quantitative estimate of drug-likeness (QED) is 0.462. The monoisotopic (exact) mass is 560 g/mol. The van der Waals surface area contributed by atoms with Crippen LogP contribution in [0.15, 0.2) is 30.6 Å². The Balaban J connectivity index is 0.00000190. The molecule has 0 radical (unpaired) electrons. The molecule has 1 fully saturated rings. The van der Waals surface area contributed by atoms with Crippen LogP contribution in [0, 0.1) is 11.6 Å². The van der Waals surface area contributed by atoms with E-state index in [1.165, 1.54) is 13.2 Å². The number of alkyl halides is 1. The SMILES string of the molecule is COc1cc(F)c2ncc(F)c(CCN3CC[C@H](NCc4cc5c(cn4)OCCO5)[C@H](F)C3)c2c1.Cl.Cl. The number of likely N-dealkylation sites (tertiary alicyclic amines) is 1. The van der Waals surface area contributed by atoms with Crippen LogP contribution in [0.2, 0.25) is 0 Å². The van der Waals surface area contributed by atoms with Crippen LogP contribution in [0.3, 0.4) is 0 Å². The first kappa shape index (κ1) is 29.0. The highest BCUT2D eigenvalue weighted by atomic mass is 35.5. The second kappa shape index (κ2) is 12.8. The molecule has 37 heavy (non-hydrogen) atoms. The summed E-state index contributed by atoms with van der Waals surface area (Å²) in [5, 5.41) is 3.63. The highest BCUT2D eigenvalue weighted by molar-refractivity contribution is 5.86. The van der Waals surface area contributed by atoms with Crippen molar-refractivity contribution in [2.24, 2.45) is 0 Å². The fourth-order valence-electron chi connectivity index (χ4n) is 4.63. The molecule has 12 heteroatoms. The molecule has 1 aromatic carbocycles. The number of aromatic nitrogens is 2. The van der Waals surface area contributed by atoms with Crippen molar-refractivity contribution < 1.29 is 27.4 Å². The van der Waals surface area contributed by atoms with Crippen molar-refractivity contribution in [1.82, 2.24) is 20.2 Å². The van der Waals surface area contributed by atoms with E-state index in [4.69, 9.17) is 14.2 Å². The molecule has 1 saturated heterocycles. The Morgan fingerprint density at radius 2 is 1.84 bits per heavy atom. The highest BCUT2D eigenvalue weighted by Gasteiger charge is 2.29. The molecule has 2 aliphatic heterocycles.